The van der Waals surface area contributed by atoms with Gasteiger partial charge in [-0.15, -0.1) is 0 Å². The van der Waals surface area contributed by atoms with Gasteiger partial charge in [0.15, 0.2) is 0 Å². The van der Waals surface area contributed by atoms with Crippen molar-refractivity contribution >= 4 is 146 Å². The summed E-state index contributed by atoms with van der Waals surface area (Å²) >= 11 is -1.07. The van der Waals surface area contributed by atoms with Crippen molar-refractivity contribution < 1.29 is 63.9 Å². The van der Waals surface area contributed by atoms with Crippen LogP contribution in [0.5, 0.6) is 0 Å². The van der Waals surface area contributed by atoms with Gasteiger partial charge in [0.25, 0.3) is 0 Å². The van der Waals surface area contributed by atoms with E-state index < -0.39 is 53.5 Å². The summed E-state index contributed by atoms with van der Waals surface area (Å²) in [5, 5.41) is 17.2. The third kappa shape index (κ3) is 23.1. The first-order valence-electron chi connectivity index (χ1n) is 26.5. The molecule has 0 unspecified atom stereocenters. The molecule has 12 aromatic rings. The minimum atomic E-state index is -1.07. The number of halogens is 2. The number of benzene rings is 12. The van der Waals surface area contributed by atoms with Crippen molar-refractivity contribution in [3.63, 3.8) is 0 Å². The Balaban J connectivity index is 0.000000230. The van der Waals surface area contributed by atoms with E-state index in [0.717, 1.165) is 0 Å². The Bertz CT molecular complexity index is 2640. The molecule has 0 N–H and O–H groups in total. The molecule has 0 spiro atoms. The van der Waals surface area contributed by atoms with E-state index in [1.165, 1.54) is 63.7 Å². The van der Waals surface area contributed by atoms with E-state index in [1.54, 1.807) is 0 Å². The van der Waals surface area contributed by atoms with E-state index in [0.29, 0.717) is 0 Å². The smallest absolute Gasteiger partial charge is 0.0620 e. The Labute approximate surface area is 567 Å². The van der Waals surface area contributed by atoms with Crippen LogP contribution in [0, 0.1) is 0 Å². The molecule has 0 atom stereocenters. The Hall–Kier alpha value is -3.72. The molecule has 12 rings (SSSR count). The minimum absolute atomic E-state index is 0. The predicted molar refractivity (Wildman–Crippen MR) is 372 cm³/mol. The van der Waals surface area contributed by atoms with Crippen molar-refractivity contribution in [2.45, 2.75) is 0 Å². The summed E-state index contributed by atoms with van der Waals surface area (Å²) in [6.45, 7) is 0. The zero-order valence-corrected chi connectivity index (χ0v) is 63.5. The van der Waals surface area contributed by atoms with Crippen LogP contribution in [0.3, 0.4) is 0 Å². The van der Waals surface area contributed by atoms with Crippen molar-refractivity contribution in [1.82, 2.24) is 0 Å². The van der Waals surface area contributed by atoms with Crippen LogP contribution in [0.2, 0.25) is 0 Å². The van der Waals surface area contributed by atoms with Gasteiger partial charge in [-0.05, 0) is 146 Å². The van der Waals surface area contributed by atoms with Gasteiger partial charge in [0.05, 0.1) is 31.7 Å². The van der Waals surface area contributed by atoms with Crippen LogP contribution < -0.4 is 63.7 Å². The van der Waals surface area contributed by atoms with Crippen LogP contribution >= 0.6 is 48.3 Å². The van der Waals surface area contributed by atoms with Gasteiger partial charge in [-0.2, -0.15) is 0 Å². The molecule has 83 heavy (non-hydrogen) atoms. The van der Waals surface area contributed by atoms with Crippen molar-refractivity contribution in [3.8, 4) is 0 Å². The molecule has 11 heteroatoms. The van der Waals surface area contributed by atoms with Crippen LogP contribution in [0.4, 0.5) is 0 Å². The molecule has 0 aliphatic carbocycles. The molecular formula is C72H66CdCl2P4Pt2Se2+4. The van der Waals surface area contributed by atoms with Gasteiger partial charge in [-0.1, -0.05) is 218 Å². The van der Waals surface area contributed by atoms with Crippen molar-refractivity contribution in [2.75, 3.05) is 0 Å². The second kappa shape index (κ2) is 42.2. The second-order valence-electron chi connectivity index (χ2n) is 18.0. The summed E-state index contributed by atoms with van der Waals surface area (Å²) in [6.07, 6.45) is 0. The first-order chi connectivity index (χ1) is 39.2. The molecule has 0 bridgehead atoms. The Morgan fingerprint density at radius 3 is 0.277 bits per heavy atom. The summed E-state index contributed by atoms with van der Waals surface area (Å²) in [4.78, 5) is 0. The Morgan fingerprint density at radius 2 is 0.217 bits per heavy atom. The molecule has 2 radical (unpaired) electrons. The van der Waals surface area contributed by atoms with Crippen molar-refractivity contribution in [2.24, 2.45) is 0 Å². The predicted octanol–water partition coefficient (Wildman–Crippen LogP) is 12.8. The molecule has 0 heterocycles. The average Bonchev–Trinajstić information content (AvgIpc) is 3.66. The third-order valence-electron chi connectivity index (χ3n) is 12.7. The van der Waals surface area contributed by atoms with Gasteiger partial charge < -0.3 is 0 Å². The quantitative estimate of drug-likeness (QED) is 0.0845. The number of hydrogen-bond acceptors (Lipinski definition) is 0. The van der Waals surface area contributed by atoms with E-state index in [9.17, 15) is 0 Å². The zero-order valence-electron chi connectivity index (χ0n) is 45.6. The van der Waals surface area contributed by atoms with Crippen LogP contribution in [-0.4, -0.2) is 34.1 Å². The fourth-order valence-corrected chi connectivity index (χ4v) is 19.6. The topological polar surface area (TPSA) is 0 Å². The van der Waals surface area contributed by atoms with Gasteiger partial charge in [-0.25, -0.2) is 0 Å². The molecule has 0 nitrogen and oxygen atoms in total. The van der Waals surface area contributed by atoms with Gasteiger partial charge >= 0.3 is 72.6 Å². The fraction of sp³-hybridized carbons (Fsp3) is 0. The maximum absolute atomic E-state index is 4.97. The summed E-state index contributed by atoms with van der Waals surface area (Å²) in [5.74, 6) is 0. The van der Waals surface area contributed by atoms with Crippen molar-refractivity contribution in [1.29, 1.82) is 0 Å². The third-order valence-corrected chi connectivity index (χ3v) is 23.7. The molecule has 418 valence electrons. The largest absolute Gasteiger partial charge is 0.102 e. The van der Waals surface area contributed by atoms with Gasteiger partial charge in [-0.3, -0.25) is 0 Å². The zero-order chi connectivity index (χ0) is 54.4. The average molecular weight is 1790 g/mol. The van der Waals surface area contributed by atoms with E-state index in [-0.39, 0.29) is 76.3 Å². The maximum atomic E-state index is 4.97. The molecule has 0 aliphatic rings. The number of hydrogen-bond donors (Lipinski definition) is 0. The van der Waals surface area contributed by atoms with E-state index >= 15 is 0 Å². The SMILES string of the molecule is [Cl][Cd][Cl].[Pt].[Pt].[SeH].[SeH].c1ccc([PH+](c2ccccc2)c2ccccc2)cc1.c1ccc([PH+](c2ccccc2)c2ccccc2)cc1.c1ccc([PH+](c2ccccc2)c2ccccc2)cc1.c1ccc([PH+](c2ccccc2)c2ccccc2)cc1. The first-order valence-corrected chi connectivity index (χ1v) is 42.7. The summed E-state index contributed by atoms with van der Waals surface area (Å²) < 4.78 is 0. The molecular weight excluding hydrogens is 1720 g/mol. The molecule has 0 aliphatic heterocycles. The van der Waals surface area contributed by atoms with E-state index in [4.69, 9.17) is 16.6 Å². The van der Waals surface area contributed by atoms with Gasteiger partial charge in [0.1, 0.15) is 63.7 Å². The minimum Gasteiger partial charge on any atom is -0.0620 e. The van der Waals surface area contributed by atoms with Crippen molar-refractivity contribution in [3.05, 3.63) is 364 Å². The molecule has 0 aromatic heterocycles. The maximum Gasteiger partial charge on any atom is 0.102 e. The molecule has 0 saturated carbocycles. The Kier molecular flexibility index (Phi) is 36.5. The molecule has 0 fully saturated rings. The summed E-state index contributed by atoms with van der Waals surface area (Å²) in [7, 11) is 6.44. The monoisotopic (exact) mass is 1790 g/mol. The standard InChI is InChI=1S/4C18H15P.Cd.2ClH.2Pt.2HSe/c4*1-4-10-16(11-5-1)19(17-12-6-2-7-13-17)18-14-8-3-9-15-18;;;;;;;/h4*1-15H;;2*1H;;;2*1H/q;;;;+2;;;;;;/p+2. The van der Waals surface area contributed by atoms with Gasteiger partial charge in [0.2, 0.25) is 0 Å². The Morgan fingerprint density at radius 1 is 0.157 bits per heavy atom. The summed E-state index contributed by atoms with van der Waals surface area (Å²) in [6, 6.07) is 130. The van der Waals surface area contributed by atoms with E-state index in [1.807, 2.05) is 0 Å². The van der Waals surface area contributed by atoms with Crippen LogP contribution in [-0.2, 0) is 63.9 Å². The molecule has 12 aromatic carbocycles. The summed E-state index contributed by atoms with van der Waals surface area (Å²) in [5.41, 5.74) is 0. The molecule has 0 amide bonds. The fourth-order valence-electron chi connectivity index (χ4n) is 9.26. The van der Waals surface area contributed by atoms with Crippen LogP contribution in [0.25, 0.3) is 0 Å². The molecule has 0 saturated heterocycles. The normalized spacial score (nSPS) is 9.81. The first kappa shape index (κ1) is 71.8. The van der Waals surface area contributed by atoms with Crippen LogP contribution in [0.15, 0.2) is 364 Å². The van der Waals surface area contributed by atoms with Gasteiger partial charge in [0, 0.05) is 42.1 Å². The van der Waals surface area contributed by atoms with Crippen LogP contribution in [0.1, 0.15) is 0 Å². The second-order valence-corrected chi connectivity index (χ2v) is 33.9. The number of rotatable bonds is 12. The van der Waals surface area contributed by atoms with E-state index in [2.05, 4.69) is 364 Å².